The van der Waals surface area contributed by atoms with E-state index in [1.807, 2.05) is 12.3 Å². The van der Waals surface area contributed by atoms with E-state index in [9.17, 15) is 14.4 Å². The number of aromatic nitrogens is 1. The zero-order chi connectivity index (χ0) is 23.0. The molecule has 4 rings (SSSR count). The predicted molar refractivity (Wildman–Crippen MR) is 127 cm³/mol. The van der Waals surface area contributed by atoms with E-state index >= 15 is 0 Å². The molecule has 2 aromatic carbocycles. The van der Waals surface area contributed by atoms with Crippen LogP contribution in [0.25, 0.3) is 0 Å². The van der Waals surface area contributed by atoms with Crippen LogP contribution in [0.2, 0.25) is 10.0 Å². The maximum Gasteiger partial charge on any atom is 0.283 e. The van der Waals surface area contributed by atoms with Crippen molar-refractivity contribution in [3.63, 3.8) is 0 Å². The van der Waals surface area contributed by atoms with Crippen molar-refractivity contribution < 1.29 is 14.4 Å². The molecule has 7 nitrogen and oxygen atoms in total. The Balaban J connectivity index is 1.51. The van der Waals surface area contributed by atoms with Crippen LogP contribution in [0.15, 0.2) is 58.6 Å². The molecule has 32 heavy (non-hydrogen) atoms. The normalized spacial score (nSPS) is 13.7. The summed E-state index contributed by atoms with van der Waals surface area (Å²) in [4.78, 5) is 42.9. The number of amides is 3. The fraction of sp³-hybridized carbons (Fsp3) is 0.0476. The molecule has 1 aliphatic heterocycles. The van der Waals surface area contributed by atoms with Gasteiger partial charge in [-0.3, -0.25) is 19.7 Å². The molecule has 0 saturated carbocycles. The van der Waals surface area contributed by atoms with Crippen LogP contribution in [-0.2, 0) is 9.59 Å². The van der Waals surface area contributed by atoms with E-state index in [1.165, 1.54) is 23.5 Å². The first-order chi connectivity index (χ1) is 15.2. The van der Waals surface area contributed by atoms with Crippen LogP contribution in [0.3, 0.4) is 0 Å². The van der Waals surface area contributed by atoms with Crippen LogP contribution in [0, 0.1) is 6.92 Å². The van der Waals surface area contributed by atoms with Gasteiger partial charge in [-0.15, -0.1) is 11.3 Å². The van der Waals surface area contributed by atoms with Gasteiger partial charge in [0.15, 0.2) is 5.13 Å². The van der Waals surface area contributed by atoms with Gasteiger partial charge < -0.3 is 5.32 Å². The second-order valence-corrected chi connectivity index (χ2v) is 8.76. The molecular formula is C21H13Cl3N4O3S. The van der Waals surface area contributed by atoms with Crippen molar-refractivity contribution in [2.45, 2.75) is 6.92 Å². The van der Waals surface area contributed by atoms with E-state index < -0.39 is 11.8 Å². The Morgan fingerprint density at radius 1 is 1.03 bits per heavy atom. The largest absolute Gasteiger partial charge is 0.350 e. The number of nitrogens with one attached hydrogen (secondary N) is 2. The molecule has 0 aliphatic carbocycles. The second kappa shape index (κ2) is 8.91. The smallest absolute Gasteiger partial charge is 0.283 e. The molecule has 0 fully saturated rings. The molecule has 1 aliphatic rings. The Labute approximate surface area is 201 Å². The summed E-state index contributed by atoms with van der Waals surface area (Å²) in [5.41, 5.74) is 1.69. The molecule has 0 spiro atoms. The summed E-state index contributed by atoms with van der Waals surface area (Å²) in [7, 11) is 0. The van der Waals surface area contributed by atoms with Crippen LogP contribution in [0.4, 0.5) is 16.5 Å². The average Bonchev–Trinajstić information content (AvgIpc) is 3.26. The molecule has 2 heterocycles. The van der Waals surface area contributed by atoms with Crippen LogP contribution in [-0.4, -0.2) is 22.7 Å². The van der Waals surface area contributed by atoms with Gasteiger partial charge >= 0.3 is 0 Å². The number of carbonyl (C=O) groups excluding carboxylic acids is 3. The van der Waals surface area contributed by atoms with Gasteiger partial charge in [-0.25, -0.2) is 9.88 Å². The van der Waals surface area contributed by atoms with Crippen molar-refractivity contribution in [1.82, 2.24) is 4.98 Å². The molecular weight excluding hydrogens is 495 g/mol. The topological polar surface area (TPSA) is 91.4 Å². The molecule has 0 unspecified atom stereocenters. The van der Waals surface area contributed by atoms with Crippen LogP contribution >= 0.6 is 46.1 Å². The highest BCUT2D eigenvalue weighted by Gasteiger charge is 2.40. The van der Waals surface area contributed by atoms with Gasteiger partial charge in [0.25, 0.3) is 17.7 Å². The monoisotopic (exact) mass is 506 g/mol. The molecule has 0 atom stereocenters. The average molecular weight is 508 g/mol. The first-order valence-corrected chi connectivity index (χ1v) is 11.1. The number of imide groups is 1. The molecule has 3 amide bonds. The standard InChI is InChI=1S/C21H13Cl3N4O3S/c1-10-9-32-21(25-10)27-18(29)11-2-5-13(6-3-11)26-17-16(24)19(30)28(20(17)31)15-8-12(22)4-7-14(15)23/h2-9,26H,1H3,(H,25,27,29). The van der Waals surface area contributed by atoms with E-state index in [4.69, 9.17) is 34.8 Å². The lowest BCUT2D eigenvalue weighted by Crippen LogP contribution is -2.32. The number of hydrogen-bond donors (Lipinski definition) is 2. The summed E-state index contributed by atoms with van der Waals surface area (Å²) in [5, 5.41) is 8.09. The molecule has 11 heteroatoms. The number of halogens is 3. The maximum absolute atomic E-state index is 12.9. The van der Waals surface area contributed by atoms with Crippen LogP contribution < -0.4 is 15.5 Å². The zero-order valence-electron chi connectivity index (χ0n) is 16.3. The lowest BCUT2D eigenvalue weighted by molar-refractivity contribution is -0.120. The molecule has 0 radical (unpaired) electrons. The number of thiazole rings is 1. The molecule has 3 aromatic rings. The fourth-order valence-corrected chi connectivity index (χ4v) is 4.18. The highest BCUT2D eigenvalue weighted by Crippen LogP contribution is 2.35. The van der Waals surface area contributed by atoms with E-state index in [-0.39, 0.29) is 27.3 Å². The van der Waals surface area contributed by atoms with Gasteiger partial charge in [0.1, 0.15) is 10.7 Å². The highest BCUT2D eigenvalue weighted by molar-refractivity contribution is 7.13. The van der Waals surface area contributed by atoms with Gasteiger partial charge in [0.2, 0.25) is 0 Å². The van der Waals surface area contributed by atoms with Crippen LogP contribution in [0.1, 0.15) is 16.1 Å². The summed E-state index contributed by atoms with van der Waals surface area (Å²) in [6, 6.07) is 10.7. The van der Waals surface area contributed by atoms with Crippen molar-refractivity contribution in [1.29, 1.82) is 0 Å². The predicted octanol–water partition coefficient (Wildman–Crippen LogP) is 5.45. The third kappa shape index (κ3) is 4.35. The lowest BCUT2D eigenvalue weighted by Gasteiger charge is -2.17. The van der Waals surface area contributed by atoms with Crippen molar-refractivity contribution in [2.75, 3.05) is 15.5 Å². The van der Waals surface area contributed by atoms with Gasteiger partial charge in [0.05, 0.1) is 16.4 Å². The third-order valence-electron chi connectivity index (χ3n) is 4.43. The summed E-state index contributed by atoms with van der Waals surface area (Å²) < 4.78 is 0. The van der Waals surface area contributed by atoms with Gasteiger partial charge in [0, 0.05) is 21.7 Å². The Hall–Kier alpha value is -2.91. The van der Waals surface area contributed by atoms with E-state index in [2.05, 4.69) is 15.6 Å². The van der Waals surface area contributed by atoms with E-state index in [0.717, 1.165) is 10.6 Å². The number of aryl methyl sites for hydroxylation is 1. The zero-order valence-corrected chi connectivity index (χ0v) is 19.4. The minimum absolute atomic E-state index is 0.108. The number of nitrogens with zero attached hydrogens (tertiary/aromatic N) is 2. The van der Waals surface area contributed by atoms with Gasteiger partial charge in [-0.1, -0.05) is 34.8 Å². The lowest BCUT2D eigenvalue weighted by atomic mass is 10.2. The minimum atomic E-state index is -0.724. The minimum Gasteiger partial charge on any atom is -0.350 e. The van der Waals surface area contributed by atoms with Crippen molar-refractivity contribution in [3.8, 4) is 0 Å². The Bertz CT molecular complexity index is 1290. The van der Waals surface area contributed by atoms with Gasteiger partial charge in [-0.05, 0) is 49.4 Å². The summed E-state index contributed by atoms with van der Waals surface area (Å²) in [6.07, 6.45) is 0. The molecule has 0 saturated heterocycles. The Morgan fingerprint density at radius 2 is 1.75 bits per heavy atom. The van der Waals surface area contributed by atoms with E-state index in [1.54, 1.807) is 30.3 Å². The SMILES string of the molecule is Cc1csc(NC(=O)c2ccc(NC3=C(Cl)C(=O)N(c4cc(Cl)ccc4Cl)C3=O)cc2)n1. The number of anilines is 3. The summed E-state index contributed by atoms with van der Waals surface area (Å²) in [5.74, 6) is -1.72. The summed E-state index contributed by atoms with van der Waals surface area (Å²) >= 11 is 19.6. The van der Waals surface area contributed by atoms with Gasteiger partial charge in [-0.2, -0.15) is 0 Å². The van der Waals surface area contributed by atoms with Crippen molar-refractivity contribution in [2.24, 2.45) is 0 Å². The van der Waals surface area contributed by atoms with Crippen molar-refractivity contribution in [3.05, 3.63) is 79.9 Å². The Morgan fingerprint density at radius 3 is 2.41 bits per heavy atom. The third-order valence-corrected chi connectivity index (χ3v) is 6.21. The van der Waals surface area contributed by atoms with Crippen molar-refractivity contribution >= 4 is 80.4 Å². The van der Waals surface area contributed by atoms with E-state index in [0.29, 0.717) is 21.4 Å². The number of rotatable bonds is 5. The molecule has 2 N–H and O–H groups in total. The first-order valence-electron chi connectivity index (χ1n) is 9.09. The second-order valence-electron chi connectivity index (χ2n) is 6.68. The summed E-state index contributed by atoms with van der Waals surface area (Å²) in [6.45, 7) is 1.84. The van der Waals surface area contributed by atoms with Crippen LogP contribution in [0.5, 0.6) is 0 Å². The number of benzene rings is 2. The molecule has 162 valence electrons. The number of hydrogen-bond acceptors (Lipinski definition) is 6. The fourth-order valence-electron chi connectivity index (χ4n) is 2.92. The molecule has 0 bridgehead atoms. The number of carbonyl (C=O) groups is 3. The maximum atomic E-state index is 12.9. The quantitative estimate of drug-likeness (QED) is 0.448. The highest BCUT2D eigenvalue weighted by atomic mass is 35.5. The molecule has 1 aromatic heterocycles. The Kier molecular flexibility index (Phi) is 6.21. The first kappa shape index (κ1) is 22.3.